The van der Waals surface area contributed by atoms with Crippen LogP contribution in [0.25, 0.3) is 0 Å². The molecule has 0 aliphatic rings. The van der Waals surface area contributed by atoms with Crippen LogP contribution < -0.4 is 21.7 Å². The molecule has 1 rings (SSSR count). The van der Waals surface area contributed by atoms with Crippen LogP contribution >= 0.6 is 12.6 Å². The number of carboxylic acid groups (broad SMARTS) is 2. The highest BCUT2D eigenvalue weighted by Crippen LogP contribution is 2.10. The van der Waals surface area contributed by atoms with Crippen molar-refractivity contribution >= 4 is 42.3 Å². The number of aliphatic carboxylic acids is 2. The van der Waals surface area contributed by atoms with Crippen LogP contribution in [-0.4, -0.2) is 79.8 Å². The highest BCUT2D eigenvalue weighted by Gasteiger charge is 2.32. The number of rotatable bonds is 15. The first-order valence-electron chi connectivity index (χ1n) is 10.7. The molecule has 1 aromatic rings. The molecule has 5 unspecified atom stereocenters. The number of hydrogen-bond donors (Lipinski definition) is 8. The molecule has 0 aromatic carbocycles. The lowest BCUT2D eigenvalue weighted by Gasteiger charge is -2.27. The molecule has 0 saturated carbocycles. The number of imidazole rings is 1. The van der Waals surface area contributed by atoms with Crippen molar-refractivity contribution in [3.63, 3.8) is 0 Å². The fourth-order valence-electron chi connectivity index (χ4n) is 2.94. The lowest BCUT2D eigenvalue weighted by Crippen LogP contribution is -2.59. The fourth-order valence-corrected chi connectivity index (χ4v) is 3.19. The van der Waals surface area contributed by atoms with Gasteiger partial charge in [-0.3, -0.25) is 19.2 Å². The maximum atomic E-state index is 13.0. The van der Waals surface area contributed by atoms with Crippen LogP contribution in [0.5, 0.6) is 0 Å². The van der Waals surface area contributed by atoms with Crippen LogP contribution in [0.15, 0.2) is 12.5 Å². The smallest absolute Gasteiger partial charge is 0.327 e. The number of carbonyl (C=O) groups is 5. The number of aromatic amines is 1. The zero-order valence-corrected chi connectivity index (χ0v) is 19.9. The Morgan fingerprint density at radius 3 is 2.24 bits per heavy atom. The summed E-state index contributed by atoms with van der Waals surface area (Å²) in [6.45, 7) is 3.47. The second kappa shape index (κ2) is 14.2. The fraction of sp³-hybridized carbons (Fsp3) is 0.600. The molecule has 8 N–H and O–H groups in total. The minimum atomic E-state index is -1.28. The van der Waals surface area contributed by atoms with Gasteiger partial charge in [-0.05, 0) is 12.3 Å². The quantitative estimate of drug-likeness (QED) is 0.133. The lowest BCUT2D eigenvalue weighted by atomic mass is 9.97. The summed E-state index contributed by atoms with van der Waals surface area (Å²) in [6.07, 6.45) is 2.83. The minimum absolute atomic E-state index is 0.108. The molecular formula is C20H32N6O7S. The molecule has 0 bridgehead atoms. The zero-order valence-electron chi connectivity index (χ0n) is 19.0. The summed E-state index contributed by atoms with van der Waals surface area (Å²) in [5.74, 6) is -5.22. The lowest BCUT2D eigenvalue weighted by molar-refractivity contribution is -0.142. The summed E-state index contributed by atoms with van der Waals surface area (Å²) in [4.78, 5) is 67.2. The van der Waals surface area contributed by atoms with Gasteiger partial charge in [0, 0.05) is 30.5 Å². The van der Waals surface area contributed by atoms with E-state index in [1.807, 2.05) is 0 Å². The number of carbonyl (C=O) groups excluding carboxylic acids is 3. The monoisotopic (exact) mass is 500 g/mol. The van der Waals surface area contributed by atoms with Gasteiger partial charge in [-0.2, -0.15) is 12.6 Å². The van der Waals surface area contributed by atoms with E-state index in [0.717, 1.165) is 0 Å². The van der Waals surface area contributed by atoms with Gasteiger partial charge in [-0.25, -0.2) is 9.78 Å². The zero-order chi connectivity index (χ0) is 25.8. The van der Waals surface area contributed by atoms with Gasteiger partial charge in [0.2, 0.25) is 17.7 Å². The summed E-state index contributed by atoms with van der Waals surface area (Å²) in [5, 5.41) is 25.5. The standard InChI is InChI=1S/C20H32N6O7S/c1-3-10(2)16(19(31)25-14(8-34)20(32)33)26-18(30)13(4-5-15(27)28)24-17(29)12(21)6-11-7-22-9-23-11/h7,9-10,12-14,16,34H,3-6,8,21H2,1-2H3,(H,22,23)(H,24,29)(H,25,31)(H,26,30)(H,27,28)(H,32,33). The molecule has 5 atom stereocenters. The molecule has 1 aromatic heterocycles. The van der Waals surface area contributed by atoms with Gasteiger partial charge in [0.25, 0.3) is 0 Å². The highest BCUT2D eigenvalue weighted by molar-refractivity contribution is 7.80. The predicted octanol–water partition coefficient (Wildman–Crippen LogP) is -1.34. The van der Waals surface area contributed by atoms with Crippen LogP contribution in [0.1, 0.15) is 38.8 Å². The Labute approximate surface area is 202 Å². The molecule has 0 fully saturated rings. The normalized spacial score (nSPS) is 15.3. The Morgan fingerprint density at radius 1 is 1.09 bits per heavy atom. The van der Waals surface area contributed by atoms with Gasteiger partial charge in [-0.15, -0.1) is 0 Å². The van der Waals surface area contributed by atoms with Crippen molar-refractivity contribution in [2.45, 2.75) is 63.7 Å². The third-order valence-corrected chi connectivity index (χ3v) is 5.57. The van der Waals surface area contributed by atoms with E-state index in [2.05, 4.69) is 38.5 Å². The predicted molar refractivity (Wildman–Crippen MR) is 124 cm³/mol. The topological polar surface area (TPSA) is 217 Å². The molecule has 14 heteroatoms. The van der Waals surface area contributed by atoms with Crippen molar-refractivity contribution in [1.29, 1.82) is 0 Å². The van der Waals surface area contributed by atoms with Crippen LogP contribution in [0.3, 0.4) is 0 Å². The summed E-state index contributed by atoms with van der Waals surface area (Å²) in [5.41, 5.74) is 6.49. The summed E-state index contributed by atoms with van der Waals surface area (Å²) in [6, 6.07) is -4.71. The van der Waals surface area contributed by atoms with Crippen molar-refractivity contribution in [1.82, 2.24) is 25.9 Å². The Balaban J connectivity index is 2.97. The van der Waals surface area contributed by atoms with Crippen molar-refractivity contribution in [2.75, 3.05) is 5.75 Å². The van der Waals surface area contributed by atoms with Crippen LogP contribution in [0.2, 0.25) is 0 Å². The minimum Gasteiger partial charge on any atom is -0.481 e. The highest BCUT2D eigenvalue weighted by atomic mass is 32.1. The van der Waals surface area contributed by atoms with E-state index in [1.165, 1.54) is 12.5 Å². The molecule has 0 spiro atoms. The van der Waals surface area contributed by atoms with Crippen molar-refractivity contribution in [3.05, 3.63) is 18.2 Å². The van der Waals surface area contributed by atoms with E-state index in [0.29, 0.717) is 12.1 Å². The number of nitrogens with one attached hydrogen (secondary N) is 4. The second-order valence-electron chi connectivity index (χ2n) is 7.83. The number of aromatic nitrogens is 2. The number of carboxylic acids is 2. The van der Waals surface area contributed by atoms with Crippen LogP contribution in [-0.2, 0) is 30.4 Å². The van der Waals surface area contributed by atoms with E-state index in [4.69, 9.17) is 15.9 Å². The van der Waals surface area contributed by atoms with Gasteiger partial charge < -0.3 is 36.9 Å². The van der Waals surface area contributed by atoms with E-state index in [9.17, 15) is 24.0 Å². The first kappa shape index (κ1) is 28.9. The molecule has 0 aliphatic heterocycles. The van der Waals surface area contributed by atoms with Crippen molar-refractivity contribution < 1.29 is 34.2 Å². The second-order valence-corrected chi connectivity index (χ2v) is 8.20. The third-order valence-electron chi connectivity index (χ3n) is 5.20. The average Bonchev–Trinajstić information content (AvgIpc) is 3.29. The molecule has 0 saturated heterocycles. The molecule has 190 valence electrons. The first-order chi connectivity index (χ1) is 16.0. The Bertz CT molecular complexity index is 850. The maximum absolute atomic E-state index is 13.0. The summed E-state index contributed by atoms with van der Waals surface area (Å²) >= 11 is 3.91. The first-order valence-corrected chi connectivity index (χ1v) is 11.3. The number of H-pyrrole nitrogens is 1. The molecule has 34 heavy (non-hydrogen) atoms. The Morgan fingerprint density at radius 2 is 1.74 bits per heavy atom. The largest absolute Gasteiger partial charge is 0.481 e. The summed E-state index contributed by atoms with van der Waals surface area (Å²) in [7, 11) is 0. The number of amides is 3. The Hall–Kier alpha value is -3.13. The number of hydrogen-bond acceptors (Lipinski definition) is 8. The van der Waals surface area contributed by atoms with Crippen LogP contribution in [0.4, 0.5) is 0 Å². The molecule has 3 amide bonds. The molecule has 0 aliphatic carbocycles. The van der Waals surface area contributed by atoms with Crippen molar-refractivity contribution in [2.24, 2.45) is 11.7 Å². The maximum Gasteiger partial charge on any atom is 0.327 e. The molecule has 1 heterocycles. The van der Waals surface area contributed by atoms with E-state index < -0.39 is 66.2 Å². The van der Waals surface area contributed by atoms with E-state index in [-0.39, 0.29) is 18.6 Å². The van der Waals surface area contributed by atoms with Gasteiger partial charge >= 0.3 is 11.9 Å². The van der Waals surface area contributed by atoms with Gasteiger partial charge in [-0.1, -0.05) is 20.3 Å². The Kier molecular flexibility index (Phi) is 12.1. The van der Waals surface area contributed by atoms with Gasteiger partial charge in [0.1, 0.15) is 18.1 Å². The number of nitrogens with zero attached hydrogens (tertiary/aromatic N) is 1. The van der Waals surface area contributed by atoms with Crippen molar-refractivity contribution in [3.8, 4) is 0 Å². The molecule has 13 nitrogen and oxygen atoms in total. The third kappa shape index (κ3) is 9.39. The molecular weight excluding hydrogens is 468 g/mol. The average molecular weight is 501 g/mol. The van der Waals surface area contributed by atoms with Gasteiger partial charge in [0.05, 0.1) is 12.4 Å². The van der Waals surface area contributed by atoms with E-state index in [1.54, 1.807) is 13.8 Å². The molecule has 0 radical (unpaired) electrons. The SMILES string of the molecule is CCC(C)C(NC(=O)C(CCC(=O)O)NC(=O)C(N)Cc1cnc[nH]1)C(=O)NC(CS)C(=O)O. The van der Waals surface area contributed by atoms with E-state index >= 15 is 0 Å². The van der Waals surface area contributed by atoms with Gasteiger partial charge in [0.15, 0.2) is 0 Å². The number of nitrogens with two attached hydrogens (primary N) is 1. The number of thiol groups is 1. The van der Waals surface area contributed by atoms with Crippen LogP contribution in [0, 0.1) is 5.92 Å². The summed E-state index contributed by atoms with van der Waals surface area (Å²) < 4.78 is 0.